The van der Waals surface area contributed by atoms with Gasteiger partial charge >= 0.3 is 5.97 Å². The molecule has 1 aliphatic rings. The van der Waals surface area contributed by atoms with E-state index in [9.17, 15) is 14.7 Å². The van der Waals surface area contributed by atoms with Crippen LogP contribution in [0.1, 0.15) is 42.7 Å². The maximum Gasteiger partial charge on any atom is 0.335 e. The Balaban J connectivity index is 2.44. The van der Waals surface area contributed by atoms with E-state index in [1.807, 2.05) is 18.7 Å². The van der Waals surface area contributed by atoms with Crippen molar-refractivity contribution in [2.24, 2.45) is 0 Å². The summed E-state index contributed by atoms with van der Waals surface area (Å²) in [5.41, 5.74) is 0.926. The smallest absolute Gasteiger partial charge is 0.335 e. The van der Waals surface area contributed by atoms with Crippen molar-refractivity contribution < 1.29 is 14.7 Å². The summed E-state index contributed by atoms with van der Waals surface area (Å²) in [5, 5.41) is 12.0. The third-order valence-electron chi connectivity index (χ3n) is 3.46. The van der Waals surface area contributed by atoms with Gasteiger partial charge in [0.1, 0.15) is 11.9 Å². The van der Waals surface area contributed by atoms with Crippen molar-refractivity contribution in [3.05, 3.63) is 23.4 Å². The maximum absolute atomic E-state index is 11.7. The van der Waals surface area contributed by atoms with Crippen molar-refractivity contribution in [2.45, 2.75) is 32.7 Å². The number of carboxylic acids is 1. The highest BCUT2D eigenvalue weighted by atomic mass is 16.4. The van der Waals surface area contributed by atoms with E-state index in [1.54, 1.807) is 13.0 Å². The lowest BCUT2D eigenvalue weighted by molar-refractivity contribution is -0.122. The van der Waals surface area contributed by atoms with E-state index < -0.39 is 5.97 Å². The summed E-state index contributed by atoms with van der Waals surface area (Å²) in [7, 11) is 0. The zero-order valence-electron chi connectivity index (χ0n) is 11.9. The van der Waals surface area contributed by atoms with Crippen LogP contribution in [0.15, 0.2) is 12.1 Å². The maximum atomic E-state index is 11.7. The average molecular weight is 277 g/mol. The first kappa shape index (κ1) is 14.3. The van der Waals surface area contributed by atoms with Crippen LogP contribution in [-0.2, 0) is 4.79 Å². The lowest BCUT2D eigenvalue weighted by atomic mass is 10.1. The minimum absolute atomic E-state index is 0.0649. The molecule has 0 saturated carbocycles. The quantitative estimate of drug-likeness (QED) is 0.868. The zero-order valence-corrected chi connectivity index (χ0v) is 11.9. The molecule has 20 heavy (non-hydrogen) atoms. The molecule has 1 aromatic heterocycles. The molecule has 1 unspecified atom stereocenters. The Hall–Kier alpha value is -2.11. The van der Waals surface area contributed by atoms with Crippen LogP contribution in [0.3, 0.4) is 0 Å². The second-order valence-electron chi connectivity index (χ2n) is 5.26. The van der Waals surface area contributed by atoms with Gasteiger partial charge in [0.15, 0.2) is 0 Å². The van der Waals surface area contributed by atoms with E-state index in [0.717, 1.165) is 5.69 Å². The van der Waals surface area contributed by atoms with E-state index in [4.69, 9.17) is 0 Å². The number of carboxylic acid groups (broad SMARTS) is 1. The third-order valence-corrected chi connectivity index (χ3v) is 3.46. The predicted octanol–water partition coefficient (Wildman–Crippen LogP) is 1.23. The Morgan fingerprint density at radius 2 is 2.20 bits per heavy atom. The summed E-state index contributed by atoms with van der Waals surface area (Å²) in [6.45, 7) is 6.88. The SMILES string of the molecule is CC(C)c1cc(C(=O)O)cc(N2CCNC(=O)C2C)n1. The Bertz CT molecular complexity index is 542. The van der Waals surface area contributed by atoms with Crippen molar-refractivity contribution >= 4 is 17.7 Å². The van der Waals surface area contributed by atoms with E-state index >= 15 is 0 Å². The minimum atomic E-state index is -0.982. The van der Waals surface area contributed by atoms with Crippen LogP contribution in [0, 0.1) is 0 Å². The van der Waals surface area contributed by atoms with Gasteiger partial charge in [0.05, 0.1) is 5.56 Å². The van der Waals surface area contributed by atoms with Gasteiger partial charge in [-0.3, -0.25) is 4.79 Å². The molecule has 2 N–H and O–H groups in total. The molecule has 1 fully saturated rings. The third kappa shape index (κ3) is 2.74. The molecular weight excluding hydrogens is 258 g/mol. The highest BCUT2D eigenvalue weighted by molar-refractivity contribution is 5.90. The molecule has 6 heteroatoms. The normalized spacial score (nSPS) is 19.1. The fraction of sp³-hybridized carbons (Fsp3) is 0.500. The average Bonchev–Trinajstić information content (AvgIpc) is 2.41. The van der Waals surface area contributed by atoms with Crippen LogP contribution in [0.5, 0.6) is 0 Å². The minimum Gasteiger partial charge on any atom is -0.478 e. The molecule has 1 aliphatic heterocycles. The number of pyridine rings is 1. The summed E-state index contributed by atoms with van der Waals surface area (Å²) in [4.78, 5) is 29.3. The van der Waals surface area contributed by atoms with Crippen LogP contribution >= 0.6 is 0 Å². The summed E-state index contributed by atoms with van der Waals surface area (Å²) >= 11 is 0. The Kier molecular flexibility index (Phi) is 3.92. The van der Waals surface area contributed by atoms with Crippen LogP contribution < -0.4 is 10.2 Å². The van der Waals surface area contributed by atoms with Crippen molar-refractivity contribution in [3.63, 3.8) is 0 Å². The highest BCUT2D eigenvalue weighted by Crippen LogP contribution is 2.22. The summed E-state index contributed by atoms with van der Waals surface area (Å²) in [6, 6.07) is 2.77. The number of carbonyl (C=O) groups is 2. The molecule has 0 aliphatic carbocycles. The summed E-state index contributed by atoms with van der Waals surface area (Å²) < 4.78 is 0. The second-order valence-corrected chi connectivity index (χ2v) is 5.26. The van der Waals surface area contributed by atoms with E-state index in [1.165, 1.54) is 6.07 Å². The van der Waals surface area contributed by atoms with E-state index in [2.05, 4.69) is 10.3 Å². The van der Waals surface area contributed by atoms with Gasteiger partial charge < -0.3 is 15.3 Å². The Labute approximate surface area is 117 Å². The molecule has 6 nitrogen and oxygen atoms in total. The monoisotopic (exact) mass is 277 g/mol. The number of aromatic nitrogens is 1. The molecule has 1 amide bonds. The number of amides is 1. The van der Waals surface area contributed by atoms with E-state index in [-0.39, 0.29) is 23.4 Å². The number of hydrogen-bond donors (Lipinski definition) is 2. The second kappa shape index (κ2) is 5.48. The van der Waals surface area contributed by atoms with Crippen LogP contribution in [0.25, 0.3) is 0 Å². The number of nitrogens with one attached hydrogen (secondary N) is 1. The number of piperazine rings is 1. The molecule has 0 radical (unpaired) electrons. The first-order valence-corrected chi connectivity index (χ1v) is 6.69. The standard InChI is InChI=1S/C14H19N3O3/c1-8(2)11-6-10(14(19)20)7-12(16-11)17-5-4-15-13(18)9(17)3/h6-9H,4-5H2,1-3H3,(H,15,18)(H,19,20). The van der Waals surface area contributed by atoms with Crippen LogP contribution in [0.2, 0.25) is 0 Å². The number of carbonyl (C=O) groups excluding carboxylic acids is 1. The number of nitrogens with zero attached hydrogens (tertiary/aromatic N) is 2. The molecule has 0 bridgehead atoms. The lowest BCUT2D eigenvalue weighted by Crippen LogP contribution is -2.54. The lowest BCUT2D eigenvalue weighted by Gasteiger charge is -2.34. The van der Waals surface area contributed by atoms with Gasteiger partial charge in [-0.15, -0.1) is 0 Å². The fourth-order valence-electron chi connectivity index (χ4n) is 2.20. The van der Waals surface area contributed by atoms with Gasteiger partial charge in [-0.25, -0.2) is 9.78 Å². The van der Waals surface area contributed by atoms with Crippen molar-refractivity contribution in [2.75, 3.05) is 18.0 Å². The number of aromatic carboxylic acids is 1. The van der Waals surface area contributed by atoms with Gasteiger partial charge in [-0.2, -0.15) is 0 Å². The molecule has 1 atom stereocenters. The number of rotatable bonds is 3. The van der Waals surface area contributed by atoms with Crippen LogP contribution in [-0.4, -0.2) is 41.1 Å². The summed E-state index contributed by atoms with van der Waals surface area (Å²) in [6.07, 6.45) is 0. The molecule has 1 saturated heterocycles. The van der Waals surface area contributed by atoms with Crippen molar-refractivity contribution in [1.82, 2.24) is 10.3 Å². The number of anilines is 1. The van der Waals surface area contributed by atoms with Crippen molar-refractivity contribution in [3.8, 4) is 0 Å². The number of hydrogen-bond acceptors (Lipinski definition) is 4. The molecule has 2 rings (SSSR count). The largest absolute Gasteiger partial charge is 0.478 e. The first-order valence-electron chi connectivity index (χ1n) is 6.69. The molecule has 0 spiro atoms. The predicted molar refractivity (Wildman–Crippen MR) is 75.1 cm³/mol. The first-order chi connectivity index (χ1) is 9.40. The Morgan fingerprint density at radius 1 is 1.50 bits per heavy atom. The zero-order chi connectivity index (χ0) is 14.9. The van der Waals surface area contributed by atoms with Gasteiger partial charge in [0.25, 0.3) is 0 Å². The van der Waals surface area contributed by atoms with Gasteiger partial charge in [0.2, 0.25) is 5.91 Å². The molecule has 1 aromatic rings. The fourth-order valence-corrected chi connectivity index (χ4v) is 2.20. The molecule has 108 valence electrons. The van der Waals surface area contributed by atoms with Gasteiger partial charge in [-0.05, 0) is 25.0 Å². The molecular formula is C14H19N3O3. The highest BCUT2D eigenvalue weighted by Gasteiger charge is 2.27. The molecule has 0 aromatic carbocycles. The van der Waals surface area contributed by atoms with Crippen LogP contribution in [0.4, 0.5) is 5.82 Å². The van der Waals surface area contributed by atoms with Gasteiger partial charge in [-0.1, -0.05) is 13.8 Å². The summed E-state index contributed by atoms with van der Waals surface area (Å²) in [5.74, 6) is -0.368. The topological polar surface area (TPSA) is 82.5 Å². The van der Waals surface area contributed by atoms with Crippen molar-refractivity contribution in [1.29, 1.82) is 0 Å². The van der Waals surface area contributed by atoms with E-state index in [0.29, 0.717) is 18.9 Å². The Morgan fingerprint density at radius 3 is 2.80 bits per heavy atom. The van der Waals surface area contributed by atoms with Gasteiger partial charge in [0, 0.05) is 18.8 Å². The molecule has 2 heterocycles.